The van der Waals surface area contributed by atoms with Crippen molar-refractivity contribution >= 4 is 0 Å². The molecule has 3 unspecified atom stereocenters. The minimum absolute atomic E-state index is 0.0647. The van der Waals surface area contributed by atoms with E-state index in [9.17, 15) is 13.9 Å². The van der Waals surface area contributed by atoms with Gasteiger partial charge in [-0.15, -0.1) is 0 Å². The summed E-state index contributed by atoms with van der Waals surface area (Å²) in [4.78, 5) is 0. The van der Waals surface area contributed by atoms with Crippen molar-refractivity contribution < 1.29 is 18.6 Å². The van der Waals surface area contributed by atoms with Crippen LogP contribution in [0.5, 0.6) is 0 Å². The minimum Gasteiger partial charge on any atom is -0.387 e. The number of aliphatic hydroxyl groups excluding tert-OH is 1. The highest BCUT2D eigenvalue weighted by atomic mass is 19.2. The van der Waals surface area contributed by atoms with Crippen molar-refractivity contribution in [1.82, 2.24) is 5.32 Å². The largest absolute Gasteiger partial charge is 0.387 e. The predicted molar refractivity (Wildman–Crippen MR) is 69.9 cm³/mol. The van der Waals surface area contributed by atoms with E-state index in [1.165, 1.54) is 6.07 Å². The molecule has 1 aromatic rings. The predicted octanol–water partition coefficient (Wildman–Crippen LogP) is 2.40. The molecule has 0 heterocycles. The van der Waals surface area contributed by atoms with Crippen molar-refractivity contribution in [2.75, 3.05) is 13.2 Å². The van der Waals surface area contributed by atoms with Crippen LogP contribution < -0.4 is 5.32 Å². The second-order valence-corrected chi connectivity index (χ2v) is 4.63. The Morgan fingerprint density at radius 1 is 1.26 bits per heavy atom. The lowest BCUT2D eigenvalue weighted by molar-refractivity contribution is 0.0963. The normalized spacial score (nSPS) is 16.1. The maximum atomic E-state index is 13.1. The summed E-state index contributed by atoms with van der Waals surface area (Å²) in [5.74, 6) is -1.87. The Kier molecular flexibility index (Phi) is 6.34. The van der Waals surface area contributed by atoms with E-state index >= 15 is 0 Å². The van der Waals surface area contributed by atoms with Gasteiger partial charge in [0, 0.05) is 18.7 Å². The molecular weight excluding hydrogens is 252 g/mol. The molecule has 5 heteroatoms. The molecule has 0 amide bonds. The third kappa shape index (κ3) is 4.86. The van der Waals surface area contributed by atoms with Crippen molar-refractivity contribution in [3.63, 3.8) is 0 Å². The summed E-state index contributed by atoms with van der Waals surface area (Å²) >= 11 is 0. The smallest absolute Gasteiger partial charge is 0.159 e. The maximum Gasteiger partial charge on any atom is 0.159 e. The first kappa shape index (κ1) is 16.0. The summed E-state index contributed by atoms with van der Waals surface area (Å²) in [7, 11) is 0. The Morgan fingerprint density at radius 3 is 2.53 bits per heavy atom. The molecule has 0 fully saturated rings. The maximum absolute atomic E-state index is 13.1. The number of ether oxygens (including phenoxy) is 1. The molecule has 1 aromatic carbocycles. The lowest BCUT2D eigenvalue weighted by atomic mass is 10.0. The fourth-order valence-electron chi connectivity index (χ4n) is 1.87. The van der Waals surface area contributed by atoms with Crippen LogP contribution in [0.4, 0.5) is 8.78 Å². The molecule has 108 valence electrons. The first-order valence-corrected chi connectivity index (χ1v) is 6.42. The summed E-state index contributed by atoms with van der Waals surface area (Å²) in [6.45, 7) is 6.79. The van der Waals surface area contributed by atoms with Crippen LogP contribution in [0.2, 0.25) is 0 Å². The van der Waals surface area contributed by atoms with Crippen LogP contribution in [-0.4, -0.2) is 30.4 Å². The van der Waals surface area contributed by atoms with Gasteiger partial charge in [0.05, 0.1) is 12.7 Å². The highest BCUT2D eigenvalue weighted by molar-refractivity contribution is 5.21. The topological polar surface area (TPSA) is 41.5 Å². The number of hydrogen-bond acceptors (Lipinski definition) is 3. The first-order valence-electron chi connectivity index (χ1n) is 6.42. The fourth-order valence-corrected chi connectivity index (χ4v) is 1.87. The van der Waals surface area contributed by atoms with Gasteiger partial charge in [-0.25, -0.2) is 8.78 Å². The van der Waals surface area contributed by atoms with Gasteiger partial charge in [-0.3, -0.25) is 0 Å². The third-order valence-corrected chi connectivity index (χ3v) is 2.88. The van der Waals surface area contributed by atoms with Crippen LogP contribution in [0.15, 0.2) is 18.2 Å². The monoisotopic (exact) mass is 273 g/mol. The number of hydrogen-bond donors (Lipinski definition) is 2. The van der Waals surface area contributed by atoms with Gasteiger partial charge in [-0.05, 0) is 38.5 Å². The van der Waals surface area contributed by atoms with E-state index < -0.39 is 17.7 Å². The third-order valence-electron chi connectivity index (χ3n) is 2.88. The van der Waals surface area contributed by atoms with Gasteiger partial charge in [0.15, 0.2) is 11.6 Å². The fraction of sp³-hybridized carbons (Fsp3) is 0.571. The van der Waals surface area contributed by atoms with Crippen LogP contribution in [0, 0.1) is 11.6 Å². The first-order chi connectivity index (χ1) is 8.95. The van der Waals surface area contributed by atoms with Gasteiger partial charge in [-0.2, -0.15) is 0 Å². The van der Waals surface area contributed by atoms with Gasteiger partial charge in [0.2, 0.25) is 0 Å². The van der Waals surface area contributed by atoms with E-state index in [2.05, 4.69) is 5.32 Å². The summed E-state index contributed by atoms with van der Waals surface area (Å²) in [6.07, 6.45) is -0.904. The zero-order valence-corrected chi connectivity index (χ0v) is 11.5. The molecule has 3 nitrogen and oxygen atoms in total. The molecule has 2 N–H and O–H groups in total. The molecular formula is C14H21F2NO2. The molecule has 0 bridgehead atoms. The van der Waals surface area contributed by atoms with Crippen LogP contribution in [0.1, 0.15) is 32.4 Å². The number of rotatable bonds is 7. The van der Waals surface area contributed by atoms with Crippen LogP contribution in [0.3, 0.4) is 0 Å². The molecule has 1 rings (SSSR count). The van der Waals surface area contributed by atoms with E-state index in [0.29, 0.717) is 18.8 Å². The van der Waals surface area contributed by atoms with Gasteiger partial charge in [-0.1, -0.05) is 6.07 Å². The SMILES string of the molecule is CCOCC(C)NC(C)C(O)c1ccc(F)c(F)c1. The lowest BCUT2D eigenvalue weighted by Crippen LogP contribution is -2.41. The Labute approximate surface area is 112 Å². The average Bonchev–Trinajstić information content (AvgIpc) is 2.38. The minimum atomic E-state index is -0.953. The molecule has 3 atom stereocenters. The van der Waals surface area contributed by atoms with Crippen molar-refractivity contribution in [2.24, 2.45) is 0 Å². The van der Waals surface area contributed by atoms with Crippen molar-refractivity contribution in [2.45, 2.75) is 39.0 Å². The van der Waals surface area contributed by atoms with Crippen LogP contribution >= 0.6 is 0 Å². The number of benzene rings is 1. The van der Waals surface area contributed by atoms with Gasteiger partial charge in [0.25, 0.3) is 0 Å². The number of aliphatic hydroxyl groups is 1. The zero-order chi connectivity index (χ0) is 14.4. The average molecular weight is 273 g/mol. The molecule has 0 aromatic heterocycles. The zero-order valence-electron chi connectivity index (χ0n) is 11.5. The van der Waals surface area contributed by atoms with Crippen molar-refractivity contribution in [1.29, 1.82) is 0 Å². The summed E-state index contributed by atoms with van der Waals surface area (Å²) in [5, 5.41) is 13.2. The Hall–Kier alpha value is -1.04. The molecule has 0 spiro atoms. The Morgan fingerprint density at radius 2 is 1.95 bits per heavy atom. The van der Waals surface area contributed by atoms with Crippen LogP contribution in [-0.2, 0) is 4.74 Å². The Balaban J connectivity index is 2.60. The van der Waals surface area contributed by atoms with E-state index in [0.717, 1.165) is 12.1 Å². The molecule has 0 aliphatic heterocycles. The second-order valence-electron chi connectivity index (χ2n) is 4.63. The molecule has 19 heavy (non-hydrogen) atoms. The van der Waals surface area contributed by atoms with Crippen molar-refractivity contribution in [3.05, 3.63) is 35.4 Å². The number of nitrogens with one attached hydrogen (secondary N) is 1. The summed E-state index contributed by atoms with van der Waals surface area (Å²) < 4.78 is 31.2. The van der Waals surface area contributed by atoms with Gasteiger partial charge < -0.3 is 15.2 Å². The van der Waals surface area contributed by atoms with E-state index in [4.69, 9.17) is 4.74 Å². The highest BCUT2D eigenvalue weighted by Crippen LogP contribution is 2.19. The van der Waals surface area contributed by atoms with E-state index in [1.807, 2.05) is 13.8 Å². The quantitative estimate of drug-likeness (QED) is 0.801. The van der Waals surface area contributed by atoms with Crippen LogP contribution in [0.25, 0.3) is 0 Å². The van der Waals surface area contributed by atoms with Gasteiger partial charge >= 0.3 is 0 Å². The lowest BCUT2D eigenvalue weighted by Gasteiger charge is -2.24. The number of halogens is 2. The molecule has 0 radical (unpaired) electrons. The van der Waals surface area contributed by atoms with E-state index in [1.54, 1.807) is 6.92 Å². The Bertz CT molecular complexity index is 401. The molecule has 0 aliphatic carbocycles. The standard InChI is InChI=1S/C14H21F2NO2/c1-4-19-8-9(2)17-10(3)14(18)11-5-6-12(15)13(16)7-11/h5-7,9-10,14,17-18H,4,8H2,1-3H3. The van der Waals surface area contributed by atoms with Crippen molar-refractivity contribution in [3.8, 4) is 0 Å². The second kappa shape index (κ2) is 7.53. The highest BCUT2D eigenvalue weighted by Gasteiger charge is 2.19. The molecule has 0 saturated heterocycles. The summed E-state index contributed by atoms with van der Waals surface area (Å²) in [6, 6.07) is 3.19. The molecule has 0 saturated carbocycles. The van der Waals surface area contributed by atoms with E-state index in [-0.39, 0.29) is 12.1 Å². The van der Waals surface area contributed by atoms with Gasteiger partial charge in [0.1, 0.15) is 0 Å². The summed E-state index contributed by atoms with van der Waals surface area (Å²) in [5.41, 5.74) is 0.350. The molecule has 0 aliphatic rings.